The third-order valence-electron chi connectivity index (χ3n) is 2.72. The summed E-state index contributed by atoms with van der Waals surface area (Å²) in [6.45, 7) is 0. The first-order valence-corrected chi connectivity index (χ1v) is 6.29. The highest BCUT2D eigenvalue weighted by Crippen LogP contribution is 2.31. The average molecular weight is 289 g/mol. The Bertz CT molecular complexity index is 632. The number of nitrogens with zero attached hydrogens (tertiary/aromatic N) is 1. The van der Waals surface area contributed by atoms with E-state index in [1.165, 1.54) is 0 Å². The Morgan fingerprint density at radius 3 is 2.65 bits per heavy atom. The predicted octanol–water partition coefficient (Wildman–Crippen LogP) is 2.48. The quantitative estimate of drug-likeness (QED) is 0.824. The van der Waals surface area contributed by atoms with Crippen molar-refractivity contribution in [2.45, 2.75) is 0 Å². The first-order valence-electron chi connectivity index (χ1n) is 5.89. The highest BCUT2D eigenvalue weighted by atomic mass is 32.1. The molecule has 0 radical (unpaired) electrons. The monoisotopic (exact) mass is 289 g/mol. The minimum absolute atomic E-state index is 0.331. The number of pyridine rings is 1. The molecule has 0 aliphatic carbocycles. The summed E-state index contributed by atoms with van der Waals surface area (Å²) in [5.74, 6) is 2.02. The molecule has 2 rings (SSSR count). The van der Waals surface area contributed by atoms with E-state index in [-0.39, 0.29) is 0 Å². The van der Waals surface area contributed by atoms with Gasteiger partial charge in [0.05, 0.1) is 19.9 Å². The Hall–Kier alpha value is -2.34. The van der Waals surface area contributed by atoms with Gasteiger partial charge in [0.1, 0.15) is 22.3 Å². The number of nitrogens with one attached hydrogen (secondary N) is 1. The fourth-order valence-corrected chi connectivity index (χ4v) is 1.82. The van der Waals surface area contributed by atoms with Crippen molar-refractivity contribution in [2.24, 2.45) is 5.73 Å². The number of nitrogens with two attached hydrogens (primary N) is 1. The highest BCUT2D eigenvalue weighted by Gasteiger charge is 2.07. The molecule has 2 aromatic rings. The number of hydrogen-bond donors (Lipinski definition) is 2. The minimum atomic E-state index is 0.331. The molecule has 3 N–H and O–H groups in total. The molecule has 20 heavy (non-hydrogen) atoms. The lowest BCUT2D eigenvalue weighted by atomic mass is 10.2. The first kappa shape index (κ1) is 14.1. The lowest BCUT2D eigenvalue weighted by molar-refractivity contribution is 0.395. The summed E-state index contributed by atoms with van der Waals surface area (Å²) in [4.78, 5) is 4.55. The van der Waals surface area contributed by atoms with Crippen molar-refractivity contribution >= 4 is 28.7 Å². The molecule has 0 bridgehead atoms. The van der Waals surface area contributed by atoms with Crippen molar-refractivity contribution in [2.75, 3.05) is 19.5 Å². The van der Waals surface area contributed by atoms with E-state index in [9.17, 15) is 0 Å². The maximum Gasteiger partial charge on any atom is 0.146 e. The van der Waals surface area contributed by atoms with Crippen molar-refractivity contribution in [1.82, 2.24) is 4.98 Å². The van der Waals surface area contributed by atoms with Gasteiger partial charge in [-0.15, -0.1) is 0 Å². The van der Waals surface area contributed by atoms with Gasteiger partial charge in [-0.25, -0.2) is 4.98 Å². The van der Waals surface area contributed by atoms with Crippen molar-refractivity contribution < 1.29 is 9.47 Å². The van der Waals surface area contributed by atoms with E-state index in [1.54, 1.807) is 38.6 Å². The Balaban J connectivity index is 2.29. The number of thiocarbonyl (C=S) groups is 1. The molecule has 0 saturated carbocycles. The molecule has 0 atom stereocenters. The Morgan fingerprint density at radius 2 is 2.00 bits per heavy atom. The van der Waals surface area contributed by atoms with Gasteiger partial charge in [0.15, 0.2) is 0 Å². The number of hydrogen-bond acceptors (Lipinski definition) is 5. The predicted molar refractivity (Wildman–Crippen MR) is 83.0 cm³/mol. The van der Waals surface area contributed by atoms with Gasteiger partial charge in [0.2, 0.25) is 0 Å². The zero-order valence-corrected chi connectivity index (χ0v) is 12.0. The zero-order valence-electron chi connectivity index (χ0n) is 11.2. The maximum atomic E-state index is 5.60. The van der Waals surface area contributed by atoms with Crippen molar-refractivity contribution in [3.8, 4) is 11.5 Å². The van der Waals surface area contributed by atoms with Crippen molar-refractivity contribution in [1.29, 1.82) is 0 Å². The summed E-state index contributed by atoms with van der Waals surface area (Å²) in [7, 11) is 3.20. The standard InChI is InChI=1S/C14H15N3O2S/c1-18-10-3-4-11(12(8-10)19-2)17-13-7-9(14(15)20)5-6-16-13/h3-8H,1-2H3,(H2,15,20)(H,16,17). The summed E-state index contributed by atoms with van der Waals surface area (Å²) in [5, 5.41) is 3.16. The summed E-state index contributed by atoms with van der Waals surface area (Å²) >= 11 is 4.95. The topological polar surface area (TPSA) is 69.4 Å². The fraction of sp³-hybridized carbons (Fsp3) is 0.143. The van der Waals surface area contributed by atoms with Gasteiger partial charge in [0.25, 0.3) is 0 Å². The smallest absolute Gasteiger partial charge is 0.146 e. The second-order valence-corrected chi connectivity index (χ2v) is 4.43. The Labute approximate surface area is 122 Å². The van der Waals surface area contributed by atoms with Crippen LogP contribution in [0.25, 0.3) is 0 Å². The molecular weight excluding hydrogens is 274 g/mol. The Kier molecular flexibility index (Phi) is 4.37. The average Bonchev–Trinajstić information content (AvgIpc) is 2.48. The van der Waals surface area contributed by atoms with Crippen molar-refractivity contribution in [3.05, 3.63) is 42.1 Å². The normalized spacial score (nSPS) is 9.90. The third kappa shape index (κ3) is 3.16. The van der Waals surface area contributed by atoms with E-state index in [4.69, 9.17) is 27.4 Å². The van der Waals surface area contributed by atoms with Crippen LogP contribution in [0.3, 0.4) is 0 Å². The number of rotatable bonds is 5. The molecule has 0 aliphatic rings. The van der Waals surface area contributed by atoms with Crippen LogP contribution in [0.15, 0.2) is 36.5 Å². The van der Waals surface area contributed by atoms with Gasteiger partial charge in [-0.1, -0.05) is 12.2 Å². The maximum absolute atomic E-state index is 5.60. The molecule has 0 spiro atoms. The van der Waals surface area contributed by atoms with Crippen LogP contribution in [-0.4, -0.2) is 24.2 Å². The first-order chi connectivity index (χ1) is 9.63. The summed E-state index contributed by atoms with van der Waals surface area (Å²) in [5.41, 5.74) is 7.14. The Morgan fingerprint density at radius 1 is 1.20 bits per heavy atom. The van der Waals surface area contributed by atoms with E-state index in [1.807, 2.05) is 12.1 Å². The summed E-state index contributed by atoms with van der Waals surface area (Å²) in [6, 6.07) is 9.03. The minimum Gasteiger partial charge on any atom is -0.497 e. The van der Waals surface area contributed by atoms with Crippen LogP contribution in [0.4, 0.5) is 11.5 Å². The second kappa shape index (κ2) is 6.21. The highest BCUT2D eigenvalue weighted by molar-refractivity contribution is 7.80. The number of anilines is 2. The molecule has 1 aromatic heterocycles. The van der Waals surface area contributed by atoms with Gasteiger partial charge in [0, 0.05) is 17.8 Å². The largest absolute Gasteiger partial charge is 0.497 e. The van der Waals surface area contributed by atoms with E-state index < -0.39 is 0 Å². The molecular formula is C14H15N3O2S. The van der Waals surface area contributed by atoms with Crippen LogP contribution in [-0.2, 0) is 0 Å². The van der Waals surface area contributed by atoms with E-state index in [0.29, 0.717) is 16.6 Å². The molecule has 0 unspecified atom stereocenters. The van der Waals surface area contributed by atoms with Crippen LogP contribution >= 0.6 is 12.2 Å². The molecule has 1 heterocycles. The molecule has 0 fully saturated rings. The summed E-state index contributed by atoms with van der Waals surface area (Å²) < 4.78 is 10.5. The van der Waals surface area contributed by atoms with Gasteiger partial charge in [-0.2, -0.15) is 0 Å². The SMILES string of the molecule is COc1ccc(Nc2cc(C(N)=S)ccn2)c(OC)c1. The summed E-state index contributed by atoms with van der Waals surface area (Å²) in [6.07, 6.45) is 1.65. The third-order valence-corrected chi connectivity index (χ3v) is 2.95. The number of benzene rings is 1. The van der Waals surface area contributed by atoms with Crippen LogP contribution in [0.5, 0.6) is 11.5 Å². The van der Waals surface area contributed by atoms with Crippen molar-refractivity contribution in [3.63, 3.8) is 0 Å². The van der Waals surface area contributed by atoms with Gasteiger partial charge < -0.3 is 20.5 Å². The molecule has 104 valence electrons. The molecule has 0 saturated heterocycles. The number of methoxy groups -OCH3 is 2. The van der Waals surface area contributed by atoms with E-state index >= 15 is 0 Å². The van der Waals surface area contributed by atoms with Gasteiger partial charge in [-0.05, 0) is 24.3 Å². The molecule has 0 aliphatic heterocycles. The van der Waals surface area contributed by atoms with Crippen LogP contribution in [0.1, 0.15) is 5.56 Å². The molecule has 1 aromatic carbocycles. The zero-order chi connectivity index (χ0) is 14.5. The lowest BCUT2D eigenvalue weighted by Gasteiger charge is -2.12. The lowest BCUT2D eigenvalue weighted by Crippen LogP contribution is -2.10. The van der Waals surface area contributed by atoms with Crippen LogP contribution in [0.2, 0.25) is 0 Å². The van der Waals surface area contributed by atoms with Crippen LogP contribution < -0.4 is 20.5 Å². The molecule has 0 amide bonds. The van der Waals surface area contributed by atoms with E-state index in [2.05, 4.69) is 10.3 Å². The second-order valence-electron chi connectivity index (χ2n) is 3.99. The molecule has 5 nitrogen and oxygen atoms in total. The number of aromatic nitrogens is 1. The van der Waals surface area contributed by atoms with E-state index in [0.717, 1.165) is 17.0 Å². The fourth-order valence-electron chi connectivity index (χ4n) is 1.69. The molecule has 6 heteroatoms. The van der Waals surface area contributed by atoms with Gasteiger partial charge in [-0.3, -0.25) is 0 Å². The number of ether oxygens (including phenoxy) is 2. The van der Waals surface area contributed by atoms with Crippen LogP contribution in [0, 0.1) is 0 Å². The van der Waals surface area contributed by atoms with Gasteiger partial charge >= 0.3 is 0 Å².